The molecular formula is C20H20N4O6S. The molecule has 3 aromatic rings. The molecule has 0 saturated carbocycles. The molecule has 11 heteroatoms. The number of sulfonamides is 1. The van der Waals surface area contributed by atoms with Crippen molar-refractivity contribution in [2.75, 3.05) is 19.5 Å². The number of hydrogen-bond acceptors (Lipinski definition) is 7. The van der Waals surface area contributed by atoms with Gasteiger partial charge in [-0.2, -0.15) is 5.10 Å². The number of methoxy groups -OCH3 is 2. The highest BCUT2D eigenvalue weighted by atomic mass is 32.2. The van der Waals surface area contributed by atoms with Gasteiger partial charge in [0.2, 0.25) is 15.9 Å². The van der Waals surface area contributed by atoms with Gasteiger partial charge in [0.25, 0.3) is 5.56 Å². The Balaban J connectivity index is 1.79. The van der Waals surface area contributed by atoms with Crippen LogP contribution in [-0.2, 0) is 21.4 Å². The highest BCUT2D eigenvalue weighted by molar-refractivity contribution is 7.89. The molecule has 0 bridgehead atoms. The Hall–Kier alpha value is -3.70. The average Bonchev–Trinajstić information content (AvgIpc) is 2.74. The molecule has 1 aromatic heterocycles. The lowest BCUT2D eigenvalue weighted by Gasteiger charge is -2.11. The molecule has 0 aliphatic rings. The minimum absolute atomic E-state index is 0.0778. The molecule has 162 valence electrons. The second kappa shape index (κ2) is 8.98. The maximum absolute atomic E-state index is 12.4. The third-order valence-corrected chi connectivity index (χ3v) is 5.24. The van der Waals surface area contributed by atoms with E-state index in [9.17, 15) is 18.0 Å². The van der Waals surface area contributed by atoms with Gasteiger partial charge in [-0.3, -0.25) is 9.59 Å². The summed E-state index contributed by atoms with van der Waals surface area (Å²) in [4.78, 5) is 24.4. The zero-order chi connectivity index (χ0) is 22.6. The van der Waals surface area contributed by atoms with E-state index in [1.54, 1.807) is 24.3 Å². The van der Waals surface area contributed by atoms with Crippen molar-refractivity contribution in [3.63, 3.8) is 0 Å². The van der Waals surface area contributed by atoms with E-state index in [2.05, 4.69) is 10.4 Å². The highest BCUT2D eigenvalue weighted by Gasteiger charge is 2.12. The fraction of sp³-hybridized carbons (Fsp3) is 0.150. The number of hydrogen-bond donors (Lipinski definition) is 2. The molecule has 0 aliphatic carbocycles. The van der Waals surface area contributed by atoms with Gasteiger partial charge in [0.1, 0.15) is 6.54 Å². The molecule has 0 unspecified atom stereocenters. The summed E-state index contributed by atoms with van der Waals surface area (Å²) in [6, 6.07) is 13.4. The maximum Gasteiger partial charge on any atom is 0.267 e. The average molecular weight is 444 g/mol. The van der Waals surface area contributed by atoms with E-state index in [4.69, 9.17) is 14.6 Å². The number of primary sulfonamides is 1. The molecule has 0 spiro atoms. The fourth-order valence-corrected chi connectivity index (χ4v) is 3.29. The molecule has 3 N–H and O–H groups in total. The van der Waals surface area contributed by atoms with Crippen molar-refractivity contribution in [1.29, 1.82) is 0 Å². The SMILES string of the molecule is COc1ccc(-c2ccc(=O)n(CC(=O)Nc3ccc(S(N)(=O)=O)cc3)n2)cc1OC. The van der Waals surface area contributed by atoms with Crippen molar-refractivity contribution in [3.8, 4) is 22.8 Å². The molecule has 1 amide bonds. The first-order valence-electron chi connectivity index (χ1n) is 8.94. The van der Waals surface area contributed by atoms with Gasteiger partial charge < -0.3 is 14.8 Å². The Morgan fingerprint density at radius 2 is 1.71 bits per heavy atom. The van der Waals surface area contributed by atoms with Crippen molar-refractivity contribution in [2.45, 2.75) is 11.4 Å². The molecule has 10 nitrogen and oxygen atoms in total. The molecule has 3 rings (SSSR count). The van der Waals surface area contributed by atoms with Gasteiger partial charge in [0, 0.05) is 17.3 Å². The standard InChI is InChI=1S/C20H20N4O6S/c1-29-17-9-3-13(11-18(17)30-2)16-8-10-20(26)24(23-16)12-19(25)22-14-4-6-15(7-5-14)31(21,27)28/h3-11H,12H2,1-2H3,(H,22,25)(H2,21,27,28). The third-order valence-electron chi connectivity index (χ3n) is 4.31. The number of nitrogens with two attached hydrogens (primary N) is 1. The van der Waals surface area contributed by atoms with Crippen molar-refractivity contribution >= 4 is 21.6 Å². The number of nitrogens with one attached hydrogen (secondary N) is 1. The normalized spacial score (nSPS) is 11.1. The number of amides is 1. The largest absolute Gasteiger partial charge is 0.493 e. The molecule has 0 radical (unpaired) electrons. The molecule has 2 aromatic carbocycles. The zero-order valence-electron chi connectivity index (χ0n) is 16.7. The molecular weight excluding hydrogens is 424 g/mol. The van der Waals surface area contributed by atoms with Gasteiger partial charge in [-0.15, -0.1) is 0 Å². The van der Waals surface area contributed by atoms with E-state index in [-0.39, 0.29) is 11.4 Å². The van der Waals surface area contributed by atoms with Crippen LogP contribution < -0.4 is 25.5 Å². The number of anilines is 1. The Kier molecular flexibility index (Phi) is 6.37. The molecule has 0 saturated heterocycles. The van der Waals surface area contributed by atoms with Gasteiger partial charge in [-0.1, -0.05) is 0 Å². The summed E-state index contributed by atoms with van der Waals surface area (Å²) in [5.41, 5.74) is 1.03. The number of carbonyl (C=O) groups is 1. The predicted octanol–water partition coefficient (Wildman–Crippen LogP) is 1.21. The lowest BCUT2D eigenvalue weighted by molar-refractivity contribution is -0.117. The number of ether oxygens (including phenoxy) is 2. The van der Waals surface area contributed by atoms with E-state index < -0.39 is 21.5 Å². The number of benzene rings is 2. The lowest BCUT2D eigenvalue weighted by atomic mass is 10.1. The van der Waals surface area contributed by atoms with E-state index in [1.165, 1.54) is 44.6 Å². The Labute approximate surface area is 178 Å². The molecule has 0 fully saturated rings. The van der Waals surface area contributed by atoms with Crippen LogP contribution in [0.5, 0.6) is 11.5 Å². The topological polar surface area (TPSA) is 143 Å². The highest BCUT2D eigenvalue weighted by Crippen LogP contribution is 2.31. The monoisotopic (exact) mass is 444 g/mol. The summed E-state index contributed by atoms with van der Waals surface area (Å²) in [5.74, 6) is 0.537. The quantitative estimate of drug-likeness (QED) is 0.558. The minimum Gasteiger partial charge on any atom is -0.493 e. The first kappa shape index (κ1) is 22.0. The first-order valence-corrected chi connectivity index (χ1v) is 10.5. The maximum atomic E-state index is 12.4. The van der Waals surface area contributed by atoms with Crippen LogP contribution in [0.3, 0.4) is 0 Å². The molecule has 31 heavy (non-hydrogen) atoms. The van der Waals surface area contributed by atoms with Crippen molar-refractivity contribution in [1.82, 2.24) is 9.78 Å². The van der Waals surface area contributed by atoms with Gasteiger partial charge >= 0.3 is 0 Å². The Morgan fingerprint density at radius 1 is 1.03 bits per heavy atom. The summed E-state index contributed by atoms with van der Waals surface area (Å²) in [5, 5.41) is 11.9. The lowest BCUT2D eigenvalue weighted by Crippen LogP contribution is -2.29. The second-order valence-corrected chi connectivity index (χ2v) is 7.96. The second-order valence-electron chi connectivity index (χ2n) is 6.40. The van der Waals surface area contributed by atoms with Crippen LogP contribution in [0.4, 0.5) is 5.69 Å². The summed E-state index contributed by atoms with van der Waals surface area (Å²) >= 11 is 0. The van der Waals surface area contributed by atoms with Gasteiger partial charge in [0.05, 0.1) is 24.8 Å². The van der Waals surface area contributed by atoms with Crippen LogP contribution in [-0.4, -0.2) is 38.3 Å². The van der Waals surface area contributed by atoms with Gasteiger partial charge in [0.15, 0.2) is 11.5 Å². The smallest absolute Gasteiger partial charge is 0.267 e. The summed E-state index contributed by atoms with van der Waals surface area (Å²) in [6.45, 7) is -0.336. The molecule has 0 atom stereocenters. The van der Waals surface area contributed by atoms with Crippen molar-refractivity contribution < 1.29 is 22.7 Å². The van der Waals surface area contributed by atoms with E-state index >= 15 is 0 Å². The zero-order valence-corrected chi connectivity index (χ0v) is 17.5. The number of nitrogens with zero attached hydrogens (tertiary/aromatic N) is 2. The van der Waals surface area contributed by atoms with Crippen LogP contribution in [0.25, 0.3) is 11.3 Å². The predicted molar refractivity (Wildman–Crippen MR) is 113 cm³/mol. The van der Waals surface area contributed by atoms with Crippen LogP contribution in [0.2, 0.25) is 0 Å². The molecule has 0 aliphatic heterocycles. The van der Waals surface area contributed by atoms with E-state index in [0.717, 1.165) is 4.68 Å². The van der Waals surface area contributed by atoms with Crippen LogP contribution in [0, 0.1) is 0 Å². The van der Waals surface area contributed by atoms with Crippen LogP contribution in [0.1, 0.15) is 0 Å². The number of aromatic nitrogens is 2. The van der Waals surface area contributed by atoms with Crippen molar-refractivity contribution in [3.05, 3.63) is 65.0 Å². The van der Waals surface area contributed by atoms with Gasteiger partial charge in [-0.25, -0.2) is 18.2 Å². The third kappa shape index (κ3) is 5.27. The first-order chi connectivity index (χ1) is 14.7. The Bertz CT molecular complexity index is 1270. The number of rotatable bonds is 7. The number of carbonyl (C=O) groups excluding carboxylic acids is 1. The minimum atomic E-state index is -3.83. The van der Waals surface area contributed by atoms with E-state index in [0.29, 0.717) is 28.4 Å². The van der Waals surface area contributed by atoms with Crippen LogP contribution >= 0.6 is 0 Å². The fourth-order valence-electron chi connectivity index (χ4n) is 2.78. The van der Waals surface area contributed by atoms with Gasteiger partial charge in [-0.05, 0) is 48.5 Å². The van der Waals surface area contributed by atoms with Crippen molar-refractivity contribution in [2.24, 2.45) is 5.14 Å². The summed E-state index contributed by atoms with van der Waals surface area (Å²) < 4.78 is 34.1. The summed E-state index contributed by atoms with van der Waals surface area (Å²) in [7, 11) is -0.793. The molecule has 1 heterocycles. The van der Waals surface area contributed by atoms with E-state index in [1.807, 2.05) is 0 Å². The Morgan fingerprint density at radius 3 is 2.32 bits per heavy atom. The van der Waals surface area contributed by atoms with Crippen LogP contribution in [0.15, 0.2) is 64.3 Å². The summed E-state index contributed by atoms with van der Waals surface area (Å²) in [6.07, 6.45) is 0.